The minimum atomic E-state index is -1.26. The predicted molar refractivity (Wildman–Crippen MR) is 121 cm³/mol. The van der Waals surface area contributed by atoms with Crippen molar-refractivity contribution in [3.8, 4) is 17.1 Å². The molecule has 1 saturated heterocycles. The number of hydrogen-bond donors (Lipinski definition) is 3. The highest BCUT2D eigenvalue weighted by Gasteiger charge is 2.37. The maximum atomic E-state index is 11.2. The van der Waals surface area contributed by atoms with Crippen LogP contribution in [-0.4, -0.2) is 74.8 Å². The zero-order valence-corrected chi connectivity index (χ0v) is 17.8. The fraction of sp³-hybridized carbons (Fsp3) is 0.333. The van der Waals surface area contributed by atoms with Crippen LogP contribution in [0.2, 0.25) is 0 Å². The van der Waals surface area contributed by atoms with Gasteiger partial charge < -0.3 is 30.3 Å². The number of H-pyrrole nitrogens is 1. The fourth-order valence-corrected chi connectivity index (χ4v) is 4.14. The molecule has 0 unspecified atom stereocenters. The van der Waals surface area contributed by atoms with Gasteiger partial charge in [0.1, 0.15) is 17.9 Å². The molecule has 170 valence electrons. The van der Waals surface area contributed by atoms with Crippen LogP contribution in [0.15, 0.2) is 34.6 Å². The molecule has 0 bridgehead atoms. The Bertz CT molecular complexity index is 1270. The van der Waals surface area contributed by atoms with E-state index in [4.69, 9.17) is 30.4 Å². The highest BCUT2D eigenvalue weighted by atomic mass is 16.5. The summed E-state index contributed by atoms with van der Waals surface area (Å²) in [6.45, 7) is 3.69. The van der Waals surface area contributed by atoms with Crippen molar-refractivity contribution in [3.63, 3.8) is 0 Å². The van der Waals surface area contributed by atoms with E-state index >= 15 is 0 Å². The Labute approximate surface area is 188 Å². The summed E-state index contributed by atoms with van der Waals surface area (Å²) >= 11 is 0. The lowest BCUT2D eigenvalue weighted by Crippen LogP contribution is -2.56. The molecule has 0 saturated carbocycles. The number of nitrogens with one attached hydrogen (secondary N) is 1. The molecule has 2 aliphatic rings. The third-order valence-electron chi connectivity index (χ3n) is 5.63. The number of nitrogens with zero attached hydrogens (tertiary/aromatic N) is 6. The number of carbonyl (C=O) groups is 1. The number of fused-ring (bicyclic) bond motifs is 4. The molecule has 0 radical (unpaired) electrons. The smallest absolute Gasteiger partial charge is 0.357 e. The number of anilines is 1. The summed E-state index contributed by atoms with van der Waals surface area (Å²) in [4.78, 5) is 34.7. The minimum Gasteiger partial charge on any atom is -0.486 e. The molecule has 0 aromatic carbocycles. The number of hydrogen-bond acceptors (Lipinski definition) is 10. The van der Waals surface area contributed by atoms with Crippen LogP contribution in [-0.2, 0) is 16.1 Å². The molecule has 0 spiro atoms. The second kappa shape index (κ2) is 8.47. The summed E-state index contributed by atoms with van der Waals surface area (Å²) in [7, 11) is 0. The van der Waals surface area contributed by atoms with Gasteiger partial charge >= 0.3 is 5.97 Å². The Morgan fingerprint density at radius 2 is 2.24 bits per heavy atom. The van der Waals surface area contributed by atoms with Crippen molar-refractivity contribution < 1.29 is 19.4 Å². The quantitative estimate of drug-likeness (QED) is 0.292. The maximum absolute atomic E-state index is 11.2. The standard InChI is InChI=1S/C21H22N8O4/c1-11-8-32-9-12-10-33-17-15(6-23-7-16(28-22)21(30)31)26-19(27-20(17)29(11)12)14-3-5-25-18-13(14)2-4-24-18/h2-5,7,11-12H,6,8-10,22H2,1H3,(H,24,25)(H,30,31)/t11-,12+/m1/s1. The van der Waals surface area contributed by atoms with E-state index in [-0.39, 0.29) is 24.3 Å². The van der Waals surface area contributed by atoms with Gasteiger partial charge in [-0.2, -0.15) is 5.10 Å². The van der Waals surface area contributed by atoms with E-state index in [1.807, 2.05) is 18.3 Å². The normalized spacial score (nSPS) is 20.5. The van der Waals surface area contributed by atoms with E-state index in [2.05, 4.69) is 31.9 Å². The molecule has 3 aromatic heterocycles. The van der Waals surface area contributed by atoms with E-state index in [0.29, 0.717) is 42.9 Å². The topological polar surface area (TPSA) is 164 Å². The zero-order valence-electron chi connectivity index (χ0n) is 17.8. The van der Waals surface area contributed by atoms with Gasteiger partial charge in [-0.3, -0.25) is 4.99 Å². The fourth-order valence-electron chi connectivity index (χ4n) is 4.14. The maximum Gasteiger partial charge on any atom is 0.357 e. The van der Waals surface area contributed by atoms with Crippen LogP contribution in [0.4, 0.5) is 5.82 Å². The number of aliphatic carboxylic acids is 1. The molecule has 0 aliphatic carbocycles. The summed E-state index contributed by atoms with van der Waals surface area (Å²) in [5.74, 6) is 5.57. The van der Waals surface area contributed by atoms with Crippen molar-refractivity contribution in [2.45, 2.75) is 25.6 Å². The summed E-state index contributed by atoms with van der Waals surface area (Å²) in [5.41, 5.74) is 1.72. The number of aliphatic imine (C=N–C) groups is 1. The predicted octanol–water partition coefficient (Wildman–Crippen LogP) is 0.976. The van der Waals surface area contributed by atoms with Crippen molar-refractivity contribution in [1.82, 2.24) is 19.9 Å². The molecule has 1 fully saturated rings. The first-order chi connectivity index (χ1) is 16.1. The van der Waals surface area contributed by atoms with E-state index in [1.165, 1.54) is 0 Å². The highest BCUT2D eigenvalue weighted by Crippen LogP contribution is 2.39. The van der Waals surface area contributed by atoms with Gasteiger partial charge in [-0.25, -0.2) is 19.7 Å². The largest absolute Gasteiger partial charge is 0.486 e. The van der Waals surface area contributed by atoms with Gasteiger partial charge in [0, 0.05) is 23.3 Å². The Morgan fingerprint density at radius 3 is 3.06 bits per heavy atom. The van der Waals surface area contributed by atoms with Gasteiger partial charge in [0.25, 0.3) is 0 Å². The van der Waals surface area contributed by atoms with Crippen molar-refractivity contribution in [3.05, 3.63) is 30.2 Å². The highest BCUT2D eigenvalue weighted by molar-refractivity contribution is 6.58. The van der Waals surface area contributed by atoms with Crippen LogP contribution in [0.5, 0.6) is 5.75 Å². The number of rotatable bonds is 5. The van der Waals surface area contributed by atoms with Crippen LogP contribution < -0.4 is 15.5 Å². The van der Waals surface area contributed by atoms with E-state index in [1.54, 1.807) is 6.20 Å². The van der Waals surface area contributed by atoms with Gasteiger partial charge in [0.15, 0.2) is 23.1 Å². The van der Waals surface area contributed by atoms with Gasteiger partial charge in [0.05, 0.1) is 38.1 Å². The first-order valence-corrected chi connectivity index (χ1v) is 10.4. The summed E-state index contributed by atoms with van der Waals surface area (Å²) < 4.78 is 11.8. The van der Waals surface area contributed by atoms with Crippen LogP contribution in [0.3, 0.4) is 0 Å². The Balaban J connectivity index is 1.63. The van der Waals surface area contributed by atoms with Crippen molar-refractivity contribution in [2.75, 3.05) is 24.7 Å². The number of aromatic nitrogens is 4. The molecule has 2 aliphatic heterocycles. The molecule has 5 rings (SSSR count). The molecule has 0 amide bonds. The van der Waals surface area contributed by atoms with E-state index < -0.39 is 5.97 Å². The number of morpholine rings is 1. The summed E-state index contributed by atoms with van der Waals surface area (Å²) in [6, 6.07) is 3.91. The lowest BCUT2D eigenvalue weighted by atomic mass is 10.1. The Kier molecular flexibility index (Phi) is 5.34. The molecular weight excluding hydrogens is 428 g/mol. The van der Waals surface area contributed by atoms with Crippen LogP contribution in [0.25, 0.3) is 22.4 Å². The molecule has 12 nitrogen and oxygen atoms in total. The molecule has 5 heterocycles. The summed E-state index contributed by atoms with van der Waals surface area (Å²) in [5, 5.41) is 13.2. The molecule has 4 N–H and O–H groups in total. The third kappa shape index (κ3) is 3.74. The van der Waals surface area contributed by atoms with Gasteiger partial charge in [0.2, 0.25) is 0 Å². The second-order valence-corrected chi connectivity index (χ2v) is 7.79. The van der Waals surface area contributed by atoms with Gasteiger partial charge in [-0.1, -0.05) is 0 Å². The zero-order chi connectivity index (χ0) is 22.9. The second-order valence-electron chi connectivity index (χ2n) is 7.79. The number of pyridine rings is 1. The number of carboxylic acid groups (broad SMARTS) is 1. The lowest BCUT2D eigenvalue weighted by Gasteiger charge is -2.44. The summed E-state index contributed by atoms with van der Waals surface area (Å²) in [6.07, 6.45) is 4.62. The molecular formula is C21H22N8O4. The number of ether oxygens (including phenoxy) is 2. The van der Waals surface area contributed by atoms with Gasteiger partial charge in [-0.15, -0.1) is 0 Å². The number of aromatic amines is 1. The van der Waals surface area contributed by atoms with E-state index in [0.717, 1.165) is 22.8 Å². The van der Waals surface area contributed by atoms with E-state index in [9.17, 15) is 4.79 Å². The Hall–Kier alpha value is -4.06. The SMILES string of the molecule is C[C@@H]1COC[C@H]2COc3c(CN=CC(=NN)C(=O)O)nc(-c4ccnc5[nH]ccc45)nc3N21. The first kappa shape index (κ1) is 20.8. The van der Waals surface area contributed by atoms with Crippen molar-refractivity contribution in [1.29, 1.82) is 0 Å². The third-order valence-corrected chi connectivity index (χ3v) is 5.63. The Morgan fingerprint density at radius 1 is 1.36 bits per heavy atom. The molecule has 2 atom stereocenters. The number of nitrogens with two attached hydrogens (primary N) is 1. The molecule has 33 heavy (non-hydrogen) atoms. The van der Waals surface area contributed by atoms with Crippen LogP contribution in [0.1, 0.15) is 12.6 Å². The van der Waals surface area contributed by atoms with Crippen LogP contribution >= 0.6 is 0 Å². The molecule has 3 aromatic rings. The van der Waals surface area contributed by atoms with Crippen molar-refractivity contribution >= 4 is 34.7 Å². The van der Waals surface area contributed by atoms with Gasteiger partial charge in [-0.05, 0) is 19.1 Å². The minimum absolute atomic E-state index is 0.0352. The first-order valence-electron chi connectivity index (χ1n) is 10.4. The monoisotopic (exact) mass is 450 g/mol. The van der Waals surface area contributed by atoms with Crippen LogP contribution in [0, 0.1) is 0 Å². The lowest BCUT2D eigenvalue weighted by molar-refractivity contribution is -0.129. The average Bonchev–Trinajstić information content (AvgIpc) is 3.30. The number of carboxylic acids is 1. The number of hydrazone groups is 1. The molecule has 12 heteroatoms. The average molecular weight is 450 g/mol. The van der Waals surface area contributed by atoms with Crippen molar-refractivity contribution in [2.24, 2.45) is 15.9 Å².